The molecule has 2 aliphatic heterocycles. The summed E-state index contributed by atoms with van der Waals surface area (Å²) in [6.45, 7) is 4.15. The molecule has 2 aromatic heterocycles. The van der Waals surface area contributed by atoms with Gasteiger partial charge >= 0.3 is 0 Å². The Balaban J connectivity index is 1.53. The van der Waals surface area contributed by atoms with Crippen LogP contribution >= 0.6 is 11.8 Å². The van der Waals surface area contributed by atoms with E-state index < -0.39 is 0 Å². The van der Waals surface area contributed by atoms with E-state index in [2.05, 4.69) is 22.1 Å². The molecule has 0 radical (unpaired) electrons. The number of thioether (sulfide) groups is 1. The van der Waals surface area contributed by atoms with Gasteiger partial charge in [0.05, 0.1) is 24.2 Å². The predicted molar refractivity (Wildman–Crippen MR) is 123 cm³/mol. The van der Waals surface area contributed by atoms with Gasteiger partial charge < -0.3 is 9.80 Å². The molecule has 0 bridgehead atoms. The van der Waals surface area contributed by atoms with Crippen LogP contribution in [0.3, 0.4) is 0 Å². The zero-order chi connectivity index (χ0) is 22.3. The molecule has 0 N–H and O–H groups in total. The number of rotatable bonds is 7. The maximum Gasteiger partial charge on any atom is 0.233 e. The molecule has 2 saturated heterocycles. The molecular weight excluding hydrogens is 424 g/mol. The molecule has 0 aliphatic carbocycles. The molecule has 32 heavy (non-hydrogen) atoms. The quantitative estimate of drug-likeness (QED) is 0.594. The number of nitrogens with zero attached hydrogens (tertiary/aromatic N) is 6. The minimum Gasteiger partial charge on any atom is -0.339 e. The highest BCUT2D eigenvalue weighted by molar-refractivity contribution is 7.99. The second-order valence-electron chi connectivity index (χ2n) is 8.51. The fourth-order valence-corrected chi connectivity index (χ4v) is 5.44. The van der Waals surface area contributed by atoms with Gasteiger partial charge in [0, 0.05) is 31.7 Å². The summed E-state index contributed by atoms with van der Waals surface area (Å²) < 4.78 is 1.94. The van der Waals surface area contributed by atoms with E-state index >= 15 is 0 Å². The molecule has 1 atom stereocenters. The second-order valence-corrected chi connectivity index (χ2v) is 9.45. The van der Waals surface area contributed by atoms with Crippen LogP contribution in [0.1, 0.15) is 64.1 Å². The Morgan fingerprint density at radius 1 is 1.16 bits per heavy atom. The van der Waals surface area contributed by atoms with Crippen molar-refractivity contribution >= 4 is 23.6 Å². The van der Waals surface area contributed by atoms with Crippen molar-refractivity contribution in [2.75, 3.05) is 18.8 Å². The van der Waals surface area contributed by atoms with Crippen molar-refractivity contribution in [2.45, 2.75) is 76.0 Å². The topological polar surface area (TPSA) is 84.2 Å². The molecule has 0 saturated carbocycles. The summed E-state index contributed by atoms with van der Waals surface area (Å²) in [4.78, 5) is 33.7. The van der Waals surface area contributed by atoms with E-state index in [1.807, 2.05) is 26.5 Å². The maximum atomic E-state index is 13.0. The summed E-state index contributed by atoms with van der Waals surface area (Å²) in [7, 11) is 0. The first kappa shape index (κ1) is 22.8. The van der Waals surface area contributed by atoms with E-state index in [0.717, 1.165) is 57.3 Å². The Morgan fingerprint density at radius 2 is 2.03 bits per heavy atom. The van der Waals surface area contributed by atoms with E-state index in [1.54, 1.807) is 12.4 Å². The van der Waals surface area contributed by atoms with E-state index in [9.17, 15) is 9.59 Å². The lowest BCUT2D eigenvalue weighted by atomic mass is 10.0. The van der Waals surface area contributed by atoms with Crippen LogP contribution in [0.2, 0.25) is 0 Å². The van der Waals surface area contributed by atoms with Crippen molar-refractivity contribution in [3.8, 4) is 5.69 Å². The van der Waals surface area contributed by atoms with E-state index in [-0.39, 0.29) is 11.8 Å². The van der Waals surface area contributed by atoms with E-state index in [4.69, 9.17) is 0 Å². The Hall–Kier alpha value is -2.42. The zero-order valence-corrected chi connectivity index (χ0v) is 19.6. The van der Waals surface area contributed by atoms with Crippen LogP contribution in [-0.4, -0.2) is 66.2 Å². The fourth-order valence-electron chi connectivity index (χ4n) is 4.58. The van der Waals surface area contributed by atoms with Crippen LogP contribution in [0.4, 0.5) is 0 Å². The zero-order valence-electron chi connectivity index (χ0n) is 18.8. The monoisotopic (exact) mass is 456 g/mol. The number of carbonyl (C=O) groups excluding carboxylic acids is 2. The fraction of sp³-hybridized carbons (Fsp3) is 0.609. The number of hydrogen-bond acceptors (Lipinski definition) is 6. The van der Waals surface area contributed by atoms with Crippen LogP contribution in [0.25, 0.3) is 5.69 Å². The van der Waals surface area contributed by atoms with Gasteiger partial charge in [-0.05, 0) is 50.7 Å². The first-order chi connectivity index (χ1) is 15.7. The van der Waals surface area contributed by atoms with Gasteiger partial charge in [-0.2, -0.15) is 0 Å². The Kier molecular flexibility index (Phi) is 7.78. The number of pyridine rings is 1. The van der Waals surface area contributed by atoms with Crippen molar-refractivity contribution < 1.29 is 9.59 Å². The molecule has 0 spiro atoms. The van der Waals surface area contributed by atoms with Gasteiger partial charge in [0.15, 0.2) is 11.0 Å². The molecule has 1 unspecified atom stereocenters. The third-order valence-corrected chi connectivity index (χ3v) is 7.27. The van der Waals surface area contributed by atoms with Gasteiger partial charge in [0.1, 0.15) is 0 Å². The van der Waals surface area contributed by atoms with Gasteiger partial charge in [-0.25, -0.2) is 0 Å². The van der Waals surface area contributed by atoms with Crippen molar-refractivity contribution in [2.24, 2.45) is 0 Å². The van der Waals surface area contributed by atoms with Gasteiger partial charge in [0.2, 0.25) is 11.8 Å². The lowest BCUT2D eigenvalue weighted by Crippen LogP contribution is -2.44. The van der Waals surface area contributed by atoms with Gasteiger partial charge in [0.25, 0.3) is 0 Å². The van der Waals surface area contributed by atoms with E-state index in [0.29, 0.717) is 35.7 Å². The Bertz CT molecular complexity index is 918. The number of likely N-dealkylation sites (tertiary alicyclic amines) is 2. The van der Waals surface area contributed by atoms with Crippen LogP contribution in [-0.2, 0) is 16.1 Å². The largest absolute Gasteiger partial charge is 0.339 e. The summed E-state index contributed by atoms with van der Waals surface area (Å²) in [5.74, 6) is 1.36. The minimum atomic E-state index is 0.159. The first-order valence-corrected chi connectivity index (χ1v) is 12.7. The molecule has 2 amide bonds. The van der Waals surface area contributed by atoms with Crippen LogP contribution < -0.4 is 0 Å². The third-order valence-electron chi connectivity index (χ3n) is 6.35. The summed E-state index contributed by atoms with van der Waals surface area (Å²) in [5, 5.41) is 9.48. The van der Waals surface area contributed by atoms with Crippen molar-refractivity contribution in [3.63, 3.8) is 0 Å². The molecule has 9 heteroatoms. The maximum absolute atomic E-state index is 13.0. The van der Waals surface area contributed by atoms with Crippen molar-refractivity contribution in [1.29, 1.82) is 0 Å². The average Bonchev–Trinajstić information content (AvgIpc) is 3.12. The third kappa shape index (κ3) is 5.31. The van der Waals surface area contributed by atoms with Crippen LogP contribution in [0, 0.1) is 0 Å². The van der Waals surface area contributed by atoms with Gasteiger partial charge in [-0.15, -0.1) is 10.2 Å². The molecule has 2 aromatic rings. The van der Waals surface area contributed by atoms with Crippen LogP contribution in [0.15, 0.2) is 29.7 Å². The first-order valence-electron chi connectivity index (χ1n) is 11.7. The smallest absolute Gasteiger partial charge is 0.233 e. The summed E-state index contributed by atoms with van der Waals surface area (Å²) in [6, 6.07) is 4.17. The van der Waals surface area contributed by atoms with Gasteiger partial charge in [-0.1, -0.05) is 25.1 Å². The molecule has 0 aromatic carbocycles. The highest BCUT2D eigenvalue weighted by atomic mass is 32.2. The SMILES string of the molecule is CCC1CCCCN1C(=O)CSc1nnc(CN2CCCCCC2=O)n1-c1cccnc1. The second kappa shape index (κ2) is 10.9. The highest BCUT2D eigenvalue weighted by Crippen LogP contribution is 2.26. The number of carbonyl (C=O) groups is 2. The lowest BCUT2D eigenvalue weighted by molar-refractivity contribution is -0.132. The van der Waals surface area contributed by atoms with Crippen molar-refractivity contribution in [1.82, 2.24) is 29.5 Å². The summed E-state index contributed by atoms with van der Waals surface area (Å²) >= 11 is 1.41. The predicted octanol–water partition coefficient (Wildman–Crippen LogP) is 3.45. The lowest BCUT2D eigenvalue weighted by Gasteiger charge is -2.35. The van der Waals surface area contributed by atoms with E-state index in [1.165, 1.54) is 18.2 Å². The minimum absolute atomic E-state index is 0.159. The number of amides is 2. The molecule has 4 heterocycles. The Labute approximate surface area is 193 Å². The number of aromatic nitrogens is 4. The molecule has 8 nitrogen and oxygen atoms in total. The molecule has 4 rings (SSSR count). The molecule has 2 fully saturated rings. The molecular formula is C23H32N6O2S. The Morgan fingerprint density at radius 3 is 2.84 bits per heavy atom. The van der Waals surface area contributed by atoms with Crippen LogP contribution in [0.5, 0.6) is 0 Å². The highest BCUT2D eigenvalue weighted by Gasteiger charge is 2.27. The average molecular weight is 457 g/mol. The van der Waals surface area contributed by atoms with Gasteiger partial charge in [-0.3, -0.25) is 19.1 Å². The van der Waals surface area contributed by atoms with Crippen molar-refractivity contribution in [3.05, 3.63) is 30.4 Å². The normalized spacial score (nSPS) is 19.8. The number of hydrogen-bond donors (Lipinski definition) is 0. The molecule has 2 aliphatic rings. The summed E-state index contributed by atoms with van der Waals surface area (Å²) in [5.41, 5.74) is 0.842. The summed E-state index contributed by atoms with van der Waals surface area (Å²) in [6.07, 6.45) is 11.5. The molecule has 172 valence electrons. The standard InChI is InChI=1S/C23H32N6O2S/c1-2-18-9-5-7-14-28(18)22(31)17-32-23-26-25-20(29(23)19-10-8-12-24-15-19)16-27-13-6-3-4-11-21(27)30/h8,10,12,15,18H,2-7,9,11,13-14,16-17H2,1H3. The number of piperidine rings is 1.